The third kappa shape index (κ3) is 2.35. The molecule has 0 atom stereocenters. The molecule has 0 spiro atoms. The van der Waals surface area contributed by atoms with Crippen molar-refractivity contribution in [2.45, 2.75) is 6.54 Å². The average Bonchev–Trinajstić information content (AvgIpc) is 2.82. The summed E-state index contributed by atoms with van der Waals surface area (Å²) < 4.78 is 2.15. The van der Waals surface area contributed by atoms with Crippen LogP contribution in [0.25, 0.3) is 10.9 Å². The van der Waals surface area contributed by atoms with Crippen LogP contribution in [0, 0.1) is 0 Å². The van der Waals surface area contributed by atoms with Gasteiger partial charge in [0.05, 0.1) is 12.2 Å². The fourth-order valence-electron chi connectivity index (χ4n) is 2.14. The van der Waals surface area contributed by atoms with E-state index < -0.39 is 0 Å². The molecule has 3 aromatic rings. The first-order valence-electron chi connectivity index (χ1n) is 6.02. The Morgan fingerprint density at radius 1 is 1.21 bits per heavy atom. The van der Waals surface area contributed by atoms with Crippen LogP contribution in [0.3, 0.4) is 0 Å². The van der Waals surface area contributed by atoms with Crippen molar-refractivity contribution in [2.24, 2.45) is 5.73 Å². The number of hydrogen-bond donors (Lipinski definition) is 1. The van der Waals surface area contributed by atoms with Gasteiger partial charge in [-0.25, -0.2) is 0 Å². The zero-order chi connectivity index (χ0) is 13.2. The lowest BCUT2D eigenvalue weighted by molar-refractivity contribution is 0.807. The maximum absolute atomic E-state index is 5.69. The Bertz CT molecular complexity index is 731. The Labute approximate surface area is 116 Å². The van der Waals surface area contributed by atoms with Crippen molar-refractivity contribution in [3.05, 3.63) is 66.1 Å². The molecule has 19 heavy (non-hydrogen) atoms. The molecule has 0 bridgehead atoms. The van der Waals surface area contributed by atoms with E-state index >= 15 is 0 Å². The molecule has 3 rings (SSSR count). The molecule has 1 aromatic carbocycles. The normalized spacial score (nSPS) is 10.7. The number of aromatic nitrogens is 2. The van der Waals surface area contributed by atoms with Gasteiger partial charge in [0.1, 0.15) is 4.99 Å². The highest BCUT2D eigenvalue weighted by atomic mass is 32.1. The smallest absolute Gasteiger partial charge is 0.104 e. The van der Waals surface area contributed by atoms with Crippen molar-refractivity contribution in [3.8, 4) is 0 Å². The predicted octanol–water partition coefficient (Wildman–Crippen LogP) is 2.72. The van der Waals surface area contributed by atoms with Crippen molar-refractivity contribution >= 4 is 28.1 Å². The second-order valence-corrected chi connectivity index (χ2v) is 4.84. The van der Waals surface area contributed by atoms with E-state index in [4.69, 9.17) is 18.0 Å². The highest BCUT2D eigenvalue weighted by Gasteiger charge is 2.05. The van der Waals surface area contributed by atoms with Crippen molar-refractivity contribution in [1.82, 2.24) is 9.55 Å². The van der Waals surface area contributed by atoms with Gasteiger partial charge in [0.15, 0.2) is 0 Å². The molecule has 3 nitrogen and oxygen atoms in total. The molecule has 0 fully saturated rings. The van der Waals surface area contributed by atoms with Crippen LogP contribution in [0.4, 0.5) is 0 Å². The fourth-order valence-corrected chi connectivity index (χ4v) is 2.27. The van der Waals surface area contributed by atoms with E-state index in [9.17, 15) is 0 Å². The maximum Gasteiger partial charge on any atom is 0.104 e. The van der Waals surface area contributed by atoms with Crippen LogP contribution < -0.4 is 5.73 Å². The zero-order valence-electron chi connectivity index (χ0n) is 10.3. The molecule has 0 unspecified atom stereocenters. The summed E-state index contributed by atoms with van der Waals surface area (Å²) in [4.78, 5) is 4.77. The first-order chi connectivity index (χ1) is 9.24. The first kappa shape index (κ1) is 11.9. The Balaban J connectivity index is 2.04. The van der Waals surface area contributed by atoms with Gasteiger partial charge in [-0.2, -0.15) is 0 Å². The molecule has 2 N–H and O–H groups in total. The molecule has 0 saturated carbocycles. The summed E-state index contributed by atoms with van der Waals surface area (Å²) in [6, 6.07) is 14.0. The molecular formula is C15H13N3S. The van der Waals surface area contributed by atoms with Crippen molar-refractivity contribution < 1.29 is 0 Å². The van der Waals surface area contributed by atoms with E-state index in [0.717, 1.165) is 23.3 Å². The van der Waals surface area contributed by atoms with Crippen LogP contribution in [0.2, 0.25) is 0 Å². The van der Waals surface area contributed by atoms with Gasteiger partial charge in [0.25, 0.3) is 0 Å². The number of pyridine rings is 1. The third-order valence-electron chi connectivity index (χ3n) is 3.12. The van der Waals surface area contributed by atoms with E-state index in [0.29, 0.717) is 4.99 Å². The van der Waals surface area contributed by atoms with Gasteiger partial charge >= 0.3 is 0 Å². The van der Waals surface area contributed by atoms with Crippen LogP contribution in [0.15, 0.2) is 54.9 Å². The van der Waals surface area contributed by atoms with Crippen molar-refractivity contribution in [3.63, 3.8) is 0 Å². The highest BCUT2D eigenvalue weighted by Crippen LogP contribution is 2.18. The lowest BCUT2D eigenvalue weighted by atomic mass is 10.1. The number of hydrogen-bond acceptors (Lipinski definition) is 2. The van der Waals surface area contributed by atoms with Gasteiger partial charge in [-0.15, -0.1) is 0 Å². The number of thiocarbonyl (C=S) groups is 1. The van der Waals surface area contributed by atoms with Crippen LogP contribution >= 0.6 is 12.2 Å². The summed E-state index contributed by atoms with van der Waals surface area (Å²) in [5.41, 5.74) is 8.73. The summed E-state index contributed by atoms with van der Waals surface area (Å²) >= 11 is 5.03. The van der Waals surface area contributed by atoms with E-state index in [1.165, 1.54) is 5.39 Å². The summed E-state index contributed by atoms with van der Waals surface area (Å²) in [5, 5.41) is 1.18. The van der Waals surface area contributed by atoms with E-state index in [1.807, 2.05) is 42.6 Å². The lowest BCUT2D eigenvalue weighted by Crippen LogP contribution is -2.09. The monoisotopic (exact) mass is 267 g/mol. The average molecular weight is 267 g/mol. The second kappa shape index (κ2) is 4.82. The van der Waals surface area contributed by atoms with Crippen molar-refractivity contribution in [2.75, 3.05) is 0 Å². The zero-order valence-corrected chi connectivity index (χ0v) is 11.1. The van der Waals surface area contributed by atoms with Gasteiger partial charge in [0, 0.05) is 23.5 Å². The van der Waals surface area contributed by atoms with Gasteiger partial charge in [-0.05, 0) is 29.7 Å². The number of rotatable bonds is 3. The quantitative estimate of drug-likeness (QED) is 0.742. The summed E-state index contributed by atoms with van der Waals surface area (Å²) in [7, 11) is 0. The highest BCUT2D eigenvalue weighted by molar-refractivity contribution is 7.80. The van der Waals surface area contributed by atoms with E-state index in [1.54, 1.807) is 0 Å². The van der Waals surface area contributed by atoms with Gasteiger partial charge in [0.2, 0.25) is 0 Å². The minimum atomic E-state index is 0.424. The van der Waals surface area contributed by atoms with Crippen LogP contribution in [-0.2, 0) is 6.54 Å². The Kier molecular flexibility index (Phi) is 3.01. The topological polar surface area (TPSA) is 43.8 Å². The number of nitrogens with two attached hydrogens (primary N) is 1. The SMILES string of the molecule is NC(=S)c1ccc2ccn(Cc3ccccn3)c2c1. The van der Waals surface area contributed by atoms with Crippen LogP contribution in [-0.4, -0.2) is 14.5 Å². The standard InChI is InChI=1S/C15H13N3S/c16-15(19)12-5-4-11-6-8-18(14(11)9-12)10-13-3-1-2-7-17-13/h1-9H,10H2,(H2,16,19). The lowest BCUT2D eigenvalue weighted by Gasteiger charge is -2.06. The Morgan fingerprint density at radius 2 is 2.11 bits per heavy atom. The molecule has 0 aliphatic rings. The predicted molar refractivity (Wildman–Crippen MR) is 81.2 cm³/mol. The number of fused-ring (bicyclic) bond motifs is 1. The summed E-state index contributed by atoms with van der Waals surface area (Å²) in [6.07, 6.45) is 3.87. The number of nitrogens with zero attached hydrogens (tertiary/aromatic N) is 2. The summed E-state index contributed by atoms with van der Waals surface area (Å²) in [6.45, 7) is 0.741. The van der Waals surface area contributed by atoms with Gasteiger partial charge < -0.3 is 10.3 Å². The Hall–Kier alpha value is -2.20. The Morgan fingerprint density at radius 3 is 2.84 bits per heavy atom. The van der Waals surface area contributed by atoms with E-state index in [2.05, 4.69) is 21.8 Å². The molecule has 0 amide bonds. The third-order valence-corrected chi connectivity index (χ3v) is 3.35. The van der Waals surface area contributed by atoms with Crippen LogP contribution in [0.5, 0.6) is 0 Å². The van der Waals surface area contributed by atoms with Gasteiger partial charge in [-0.3, -0.25) is 4.98 Å². The molecule has 0 saturated heterocycles. The molecule has 0 radical (unpaired) electrons. The molecule has 0 aliphatic carbocycles. The fraction of sp³-hybridized carbons (Fsp3) is 0.0667. The maximum atomic E-state index is 5.69. The number of benzene rings is 1. The van der Waals surface area contributed by atoms with Crippen LogP contribution in [0.1, 0.15) is 11.3 Å². The molecular weight excluding hydrogens is 254 g/mol. The minimum absolute atomic E-state index is 0.424. The largest absolute Gasteiger partial charge is 0.389 e. The van der Waals surface area contributed by atoms with Gasteiger partial charge in [-0.1, -0.05) is 30.4 Å². The molecule has 4 heteroatoms. The minimum Gasteiger partial charge on any atom is -0.389 e. The summed E-state index contributed by atoms with van der Waals surface area (Å²) in [5.74, 6) is 0. The first-order valence-corrected chi connectivity index (χ1v) is 6.43. The molecule has 2 aromatic heterocycles. The second-order valence-electron chi connectivity index (χ2n) is 4.40. The molecule has 0 aliphatic heterocycles. The van der Waals surface area contributed by atoms with Crippen molar-refractivity contribution in [1.29, 1.82) is 0 Å². The molecule has 2 heterocycles. The van der Waals surface area contributed by atoms with E-state index in [-0.39, 0.29) is 0 Å². The molecule has 94 valence electrons.